The molecule has 0 saturated carbocycles. The topological polar surface area (TPSA) is 43.4 Å². The van der Waals surface area contributed by atoms with Gasteiger partial charge in [-0.3, -0.25) is 0 Å². The van der Waals surface area contributed by atoms with Gasteiger partial charge in [-0.1, -0.05) is 48.5 Å². The van der Waals surface area contributed by atoms with Crippen LogP contribution in [0.3, 0.4) is 0 Å². The first-order valence-corrected chi connectivity index (χ1v) is 10.5. The normalized spacial score (nSPS) is 12.3. The molecule has 3 rings (SSSR count). The van der Waals surface area contributed by atoms with Crippen molar-refractivity contribution in [1.29, 1.82) is 0 Å². The van der Waals surface area contributed by atoms with Crippen LogP contribution in [0, 0.1) is 0 Å². The Hall–Kier alpha value is -2.19. The number of benzene rings is 3. The molecule has 0 radical (unpaired) electrons. The Balaban J connectivity index is 2.01. The molecule has 3 aromatic rings. The largest absolute Gasteiger partial charge is 0.534 e. The molecule has 0 saturated heterocycles. The number of hydrogen-bond acceptors (Lipinski definition) is 4. The third-order valence-electron chi connectivity index (χ3n) is 3.92. The third kappa shape index (κ3) is 4.39. The van der Waals surface area contributed by atoms with Gasteiger partial charge < -0.3 is 4.18 Å². The highest BCUT2D eigenvalue weighted by Gasteiger charge is 2.48. The summed E-state index contributed by atoms with van der Waals surface area (Å²) in [7, 11) is -5.72. The summed E-state index contributed by atoms with van der Waals surface area (Å²) in [5.41, 5.74) is -3.43. The van der Waals surface area contributed by atoms with Crippen LogP contribution >= 0.6 is 11.8 Å². The van der Waals surface area contributed by atoms with Crippen molar-refractivity contribution in [2.75, 3.05) is 6.26 Å². The van der Waals surface area contributed by atoms with Crippen LogP contribution in [0.15, 0.2) is 65.6 Å². The van der Waals surface area contributed by atoms with Gasteiger partial charge in [0.15, 0.2) is 5.75 Å². The smallest absolute Gasteiger partial charge is 0.375 e. The highest BCUT2D eigenvalue weighted by Crippen LogP contribution is 2.36. The molecule has 0 spiro atoms. The number of rotatable bonds is 5. The zero-order valence-corrected chi connectivity index (χ0v) is 15.8. The van der Waals surface area contributed by atoms with Crippen molar-refractivity contribution < 1.29 is 25.8 Å². The van der Waals surface area contributed by atoms with E-state index in [9.17, 15) is 21.6 Å². The predicted molar refractivity (Wildman–Crippen MR) is 101 cm³/mol. The lowest BCUT2D eigenvalue weighted by molar-refractivity contribution is -0.0500. The number of alkyl halides is 3. The quantitative estimate of drug-likeness (QED) is 0.321. The summed E-state index contributed by atoms with van der Waals surface area (Å²) >= 11 is 1.11. The Bertz CT molecular complexity index is 1060. The average molecular weight is 412 g/mol. The van der Waals surface area contributed by atoms with Crippen LogP contribution in [-0.4, -0.2) is 20.2 Å². The van der Waals surface area contributed by atoms with Crippen LogP contribution in [0.2, 0.25) is 0 Å². The summed E-state index contributed by atoms with van der Waals surface area (Å²) in [6.45, 7) is 0. The van der Waals surface area contributed by atoms with E-state index < -0.39 is 15.6 Å². The van der Waals surface area contributed by atoms with Crippen molar-refractivity contribution in [2.45, 2.75) is 16.8 Å². The molecular weight excluding hydrogens is 397 g/mol. The van der Waals surface area contributed by atoms with Gasteiger partial charge in [0, 0.05) is 0 Å². The Morgan fingerprint density at radius 1 is 0.926 bits per heavy atom. The van der Waals surface area contributed by atoms with Gasteiger partial charge in [0.05, 0.1) is 4.90 Å². The van der Waals surface area contributed by atoms with Crippen molar-refractivity contribution in [3.8, 4) is 5.75 Å². The number of halogens is 3. The fourth-order valence-corrected chi connectivity index (χ4v) is 3.71. The van der Waals surface area contributed by atoms with Crippen LogP contribution in [-0.2, 0) is 16.5 Å². The molecule has 8 heteroatoms. The molecule has 0 N–H and O–H groups in total. The minimum absolute atomic E-state index is 0.311. The van der Waals surface area contributed by atoms with E-state index in [1.54, 1.807) is 12.3 Å². The molecule has 0 aliphatic rings. The zero-order valence-electron chi connectivity index (χ0n) is 14.2. The van der Waals surface area contributed by atoms with E-state index in [0.29, 0.717) is 16.7 Å². The maximum atomic E-state index is 12.7. The minimum atomic E-state index is -5.72. The van der Waals surface area contributed by atoms with Crippen molar-refractivity contribution in [2.24, 2.45) is 0 Å². The molecule has 0 heterocycles. The van der Waals surface area contributed by atoms with Crippen LogP contribution in [0.4, 0.5) is 13.2 Å². The molecule has 27 heavy (non-hydrogen) atoms. The second-order valence-corrected chi connectivity index (χ2v) is 8.22. The molecule has 0 aliphatic carbocycles. The molecule has 0 atom stereocenters. The molecule has 3 aromatic carbocycles. The number of hydrogen-bond donors (Lipinski definition) is 0. The van der Waals surface area contributed by atoms with Crippen LogP contribution in [0.1, 0.15) is 11.1 Å². The van der Waals surface area contributed by atoms with E-state index in [1.807, 2.05) is 48.5 Å². The summed E-state index contributed by atoms with van der Waals surface area (Å²) < 4.78 is 65.1. The Morgan fingerprint density at radius 3 is 2.26 bits per heavy atom. The highest BCUT2D eigenvalue weighted by atomic mass is 32.2. The van der Waals surface area contributed by atoms with Crippen LogP contribution in [0.5, 0.6) is 5.75 Å². The number of thioether (sulfide) groups is 1. The lowest BCUT2D eigenvalue weighted by Crippen LogP contribution is -2.28. The molecule has 0 fully saturated rings. The zero-order chi connectivity index (χ0) is 19.7. The molecule has 142 valence electrons. The summed E-state index contributed by atoms with van der Waals surface area (Å²) in [6, 6.07) is 18.3. The average Bonchev–Trinajstić information content (AvgIpc) is 2.60. The summed E-state index contributed by atoms with van der Waals surface area (Å²) in [5.74, 6) is -0.329. The summed E-state index contributed by atoms with van der Waals surface area (Å²) in [4.78, 5) is 0.311. The van der Waals surface area contributed by atoms with E-state index in [0.717, 1.165) is 28.3 Å². The molecule has 0 amide bonds. The monoisotopic (exact) mass is 412 g/mol. The van der Waals surface area contributed by atoms with Gasteiger partial charge in [0.1, 0.15) is 0 Å². The van der Waals surface area contributed by atoms with E-state index >= 15 is 0 Å². The van der Waals surface area contributed by atoms with Crippen molar-refractivity contribution in [1.82, 2.24) is 0 Å². The maximum absolute atomic E-state index is 12.7. The van der Waals surface area contributed by atoms with Gasteiger partial charge in [0.25, 0.3) is 0 Å². The van der Waals surface area contributed by atoms with Gasteiger partial charge >= 0.3 is 15.6 Å². The van der Waals surface area contributed by atoms with Gasteiger partial charge in [0.2, 0.25) is 0 Å². The minimum Gasteiger partial charge on any atom is -0.375 e. The lowest BCUT2D eigenvalue weighted by Gasteiger charge is -2.13. The molecule has 0 aliphatic heterocycles. The molecular formula is C19H15F3O3S2. The highest BCUT2D eigenvalue weighted by molar-refractivity contribution is 7.98. The van der Waals surface area contributed by atoms with E-state index in [2.05, 4.69) is 4.18 Å². The van der Waals surface area contributed by atoms with Gasteiger partial charge in [-0.2, -0.15) is 21.6 Å². The fourth-order valence-electron chi connectivity index (χ4n) is 2.64. The first kappa shape index (κ1) is 19.6. The van der Waals surface area contributed by atoms with Crippen molar-refractivity contribution in [3.05, 3.63) is 71.8 Å². The molecule has 0 unspecified atom stereocenters. The Morgan fingerprint density at radius 2 is 1.63 bits per heavy atom. The fraction of sp³-hybridized carbons (Fsp3) is 0.158. The van der Waals surface area contributed by atoms with E-state index in [-0.39, 0.29) is 5.75 Å². The summed E-state index contributed by atoms with van der Waals surface area (Å²) in [5, 5.41) is 1.39. The van der Waals surface area contributed by atoms with E-state index in [1.165, 1.54) is 6.07 Å². The Kier molecular flexibility index (Phi) is 5.39. The Labute approximate surface area is 159 Å². The molecule has 0 aromatic heterocycles. The van der Waals surface area contributed by atoms with Crippen molar-refractivity contribution in [3.63, 3.8) is 0 Å². The van der Waals surface area contributed by atoms with Crippen LogP contribution < -0.4 is 4.18 Å². The van der Waals surface area contributed by atoms with E-state index in [4.69, 9.17) is 0 Å². The number of fused-ring (bicyclic) bond motifs is 1. The van der Waals surface area contributed by atoms with Gasteiger partial charge in [-0.25, -0.2) is 0 Å². The van der Waals surface area contributed by atoms with Crippen molar-refractivity contribution >= 4 is 32.7 Å². The van der Waals surface area contributed by atoms with Crippen LogP contribution in [0.25, 0.3) is 10.8 Å². The molecule has 0 bridgehead atoms. The first-order valence-electron chi connectivity index (χ1n) is 7.85. The van der Waals surface area contributed by atoms with Gasteiger partial charge in [-0.15, -0.1) is 11.8 Å². The second kappa shape index (κ2) is 7.44. The lowest BCUT2D eigenvalue weighted by atomic mass is 10.0. The second-order valence-electron chi connectivity index (χ2n) is 5.83. The standard InChI is InChI=1S/C19H15F3O3S2/c1-26-18-12-15-8-7-14(9-13-5-3-2-4-6-13)10-16(15)11-17(18)25-27(23,24)19(20,21)22/h2-8,10-12H,9H2,1H3. The molecule has 3 nitrogen and oxygen atoms in total. The predicted octanol–water partition coefficient (Wildman–Crippen LogP) is 5.38. The maximum Gasteiger partial charge on any atom is 0.534 e. The van der Waals surface area contributed by atoms with Gasteiger partial charge in [-0.05, 0) is 46.7 Å². The first-order chi connectivity index (χ1) is 12.7. The summed E-state index contributed by atoms with van der Waals surface area (Å²) in [6.07, 6.45) is 2.29. The third-order valence-corrected chi connectivity index (χ3v) is 5.65. The SMILES string of the molecule is CSc1cc2ccc(Cc3ccccc3)cc2cc1OS(=O)(=O)C(F)(F)F.